The molecular formula is C28H28ClFN4O4S. The largest absolute Gasteiger partial charge is 0.478 e. The summed E-state index contributed by atoms with van der Waals surface area (Å²) in [7, 11) is 0. The lowest BCUT2D eigenvalue weighted by Gasteiger charge is -2.32. The Labute approximate surface area is 234 Å². The van der Waals surface area contributed by atoms with E-state index in [9.17, 15) is 14.3 Å². The molecule has 0 radical (unpaired) electrons. The van der Waals surface area contributed by atoms with Crippen LogP contribution in [0.5, 0.6) is 5.19 Å². The van der Waals surface area contributed by atoms with Crippen LogP contribution in [0.2, 0.25) is 5.02 Å². The average Bonchev–Trinajstić information content (AvgIpc) is 3.47. The van der Waals surface area contributed by atoms with Gasteiger partial charge in [0.25, 0.3) is 5.19 Å². The summed E-state index contributed by atoms with van der Waals surface area (Å²) in [5.74, 6) is -0.361. The van der Waals surface area contributed by atoms with E-state index in [0.29, 0.717) is 35.3 Å². The SMILES string of the molecule is O=C(O)c1ccc2nc(CN3CCC(Oc4nc(Cc5ccc(Cl)cc5F)cs4)CC3)n(CC3CCO3)c2c1. The Kier molecular flexibility index (Phi) is 7.53. The van der Waals surface area contributed by atoms with Gasteiger partial charge in [0.2, 0.25) is 0 Å². The van der Waals surface area contributed by atoms with Crippen LogP contribution in [-0.2, 0) is 24.2 Å². The predicted molar refractivity (Wildman–Crippen MR) is 146 cm³/mol. The summed E-state index contributed by atoms with van der Waals surface area (Å²) in [6.07, 6.45) is 3.29. The summed E-state index contributed by atoms with van der Waals surface area (Å²) in [4.78, 5) is 23.3. The number of hydrogen-bond donors (Lipinski definition) is 1. The first-order valence-electron chi connectivity index (χ1n) is 13.0. The number of piperidine rings is 1. The fraction of sp³-hybridized carbons (Fsp3) is 0.393. The van der Waals surface area contributed by atoms with E-state index in [2.05, 4.69) is 14.5 Å². The van der Waals surface area contributed by atoms with Crippen molar-refractivity contribution in [3.63, 3.8) is 0 Å². The van der Waals surface area contributed by atoms with Crippen molar-refractivity contribution in [2.24, 2.45) is 0 Å². The van der Waals surface area contributed by atoms with Gasteiger partial charge in [-0.1, -0.05) is 29.0 Å². The summed E-state index contributed by atoms with van der Waals surface area (Å²) in [5.41, 5.74) is 3.21. The quantitative estimate of drug-likeness (QED) is 0.288. The van der Waals surface area contributed by atoms with Crippen LogP contribution in [0.25, 0.3) is 11.0 Å². The molecule has 0 bridgehead atoms. The van der Waals surface area contributed by atoms with Crippen LogP contribution in [0.3, 0.4) is 0 Å². The minimum Gasteiger partial charge on any atom is -0.478 e. The van der Waals surface area contributed by atoms with Gasteiger partial charge in [0.15, 0.2) is 0 Å². The third kappa shape index (κ3) is 5.94. The van der Waals surface area contributed by atoms with Crippen LogP contribution in [0.4, 0.5) is 4.39 Å². The third-order valence-electron chi connectivity index (χ3n) is 7.34. The van der Waals surface area contributed by atoms with E-state index < -0.39 is 5.97 Å². The van der Waals surface area contributed by atoms with Gasteiger partial charge in [0.05, 0.1) is 41.5 Å². The monoisotopic (exact) mass is 570 g/mol. The Bertz CT molecular complexity index is 1500. The Morgan fingerprint density at radius 2 is 2.00 bits per heavy atom. The number of thiazole rings is 1. The number of aromatic carboxylic acids is 1. The van der Waals surface area contributed by atoms with Crippen molar-refractivity contribution in [2.45, 2.75) is 51.0 Å². The molecule has 2 fully saturated rings. The lowest BCUT2D eigenvalue weighted by atomic mass is 10.1. The van der Waals surface area contributed by atoms with E-state index in [4.69, 9.17) is 26.1 Å². The molecule has 204 valence electrons. The number of likely N-dealkylation sites (tertiary alicyclic amines) is 1. The molecule has 4 aromatic rings. The minimum absolute atomic E-state index is 0.0628. The summed E-state index contributed by atoms with van der Waals surface area (Å²) >= 11 is 7.29. The zero-order valence-corrected chi connectivity index (χ0v) is 22.8. The maximum Gasteiger partial charge on any atom is 0.335 e. The van der Waals surface area contributed by atoms with E-state index >= 15 is 0 Å². The van der Waals surface area contributed by atoms with E-state index in [1.807, 2.05) is 5.38 Å². The van der Waals surface area contributed by atoms with E-state index in [1.165, 1.54) is 17.4 Å². The number of imidazole rings is 1. The average molecular weight is 571 g/mol. The molecule has 6 rings (SSSR count). The van der Waals surface area contributed by atoms with E-state index in [1.54, 1.807) is 30.3 Å². The van der Waals surface area contributed by atoms with Crippen LogP contribution in [0.1, 0.15) is 46.7 Å². The number of carboxylic acid groups (broad SMARTS) is 1. The normalized spacial score (nSPS) is 18.4. The molecule has 4 heterocycles. The lowest BCUT2D eigenvalue weighted by Crippen LogP contribution is -2.39. The van der Waals surface area contributed by atoms with Crippen LogP contribution >= 0.6 is 22.9 Å². The lowest BCUT2D eigenvalue weighted by molar-refractivity contribution is -0.0592. The fourth-order valence-electron chi connectivity index (χ4n) is 5.07. The topological polar surface area (TPSA) is 89.7 Å². The third-order valence-corrected chi connectivity index (χ3v) is 8.35. The van der Waals surface area contributed by atoms with Gasteiger partial charge in [-0.2, -0.15) is 0 Å². The Balaban J connectivity index is 1.08. The fourth-order valence-corrected chi connectivity index (χ4v) is 5.97. The van der Waals surface area contributed by atoms with Gasteiger partial charge in [-0.15, -0.1) is 0 Å². The van der Waals surface area contributed by atoms with Gasteiger partial charge in [0, 0.05) is 36.5 Å². The van der Waals surface area contributed by atoms with E-state index in [0.717, 1.165) is 61.5 Å². The van der Waals surface area contributed by atoms with Gasteiger partial charge >= 0.3 is 5.97 Å². The van der Waals surface area contributed by atoms with Crippen LogP contribution in [-0.4, -0.2) is 62.4 Å². The highest BCUT2D eigenvalue weighted by atomic mass is 35.5. The number of benzene rings is 2. The molecule has 8 nitrogen and oxygen atoms in total. The molecule has 1 unspecified atom stereocenters. The second-order valence-electron chi connectivity index (χ2n) is 10.0. The Morgan fingerprint density at radius 3 is 2.72 bits per heavy atom. The maximum atomic E-state index is 14.1. The molecule has 1 atom stereocenters. The van der Waals surface area contributed by atoms with Crippen LogP contribution in [0.15, 0.2) is 41.8 Å². The number of rotatable bonds is 9. The van der Waals surface area contributed by atoms with Crippen molar-refractivity contribution >= 4 is 39.9 Å². The molecule has 0 aliphatic carbocycles. The van der Waals surface area contributed by atoms with Gasteiger partial charge < -0.3 is 19.1 Å². The second kappa shape index (κ2) is 11.2. The highest BCUT2D eigenvalue weighted by Gasteiger charge is 2.26. The first kappa shape index (κ1) is 26.2. The smallest absolute Gasteiger partial charge is 0.335 e. The highest BCUT2D eigenvalue weighted by molar-refractivity contribution is 7.11. The van der Waals surface area contributed by atoms with Crippen molar-refractivity contribution in [3.05, 3.63) is 75.3 Å². The number of hydrogen-bond acceptors (Lipinski definition) is 7. The number of nitrogens with zero attached hydrogens (tertiary/aromatic N) is 4. The molecule has 0 saturated carbocycles. The number of aromatic nitrogens is 3. The molecular weight excluding hydrogens is 543 g/mol. The number of ether oxygens (including phenoxy) is 2. The van der Waals surface area contributed by atoms with Crippen molar-refractivity contribution in [1.29, 1.82) is 0 Å². The number of halogens is 2. The first-order valence-corrected chi connectivity index (χ1v) is 14.3. The van der Waals surface area contributed by atoms with Crippen molar-refractivity contribution in [2.75, 3.05) is 19.7 Å². The highest BCUT2D eigenvalue weighted by Crippen LogP contribution is 2.27. The molecule has 11 heteroatoms. The number of carboxylic acids is 1. The van der Waals surface area contributed by atoms with E-state index in [-0.39, 0.29) is 23.6 Å². The van der Waals surface area contributed by atoms with Crippen molar-refractivity contribution < 1.29 is 23.8 Å². The van der Waals surface area contributed by atoms with Crippen molar-refractivity contribution in [3.8, 4) is 5.19 Å². The zero-order valence-electron chi connectivity index (χ0n) is 21.2. The Morgan fingerprint density at radius 1 is 1.18 bits per heavy atom. The minimum atomic E-state index is -0.947. The molecule has 2 aromatic carbocycles. The summed E-state index contributed by atoms with van der Waals surface area (Å²) in [5, 5.41) is 12.4. The van der Waals surface area contributed by atoms with Gasteiger partial charge in [-0.05, 0) is 55.2 Å². The molecule has 2 aliphatic heterocycles. The van der Waals surface area contributed by atoms with Crippen LogP contribution in [0, 0.1) is 5.82 Å². The first-order chi connectivity index (χ1) is 18.9. The van der Waals surface area contributed by atoms with Crippen molar-refractivity contribution in [1.82, 2.24) is 19.4 Å². The molecule has 2 saturated heterocycles. The number of fused-ring (bicyclic) bond motifs is 1. The van der Waals surface area contributed by atoms with Gasteiger partial charge in [-0.25, -0.2) is 19.2 Å². The summed E-state index contributed by atoms with van der Waals surface area (Å²) in [6.45, 7) is 3.80. The summed E-state index contributed by atoms with van der Waals surface area (Å²) < 4.78 is 28.1. The van der Waals surface area contributed by atoms with Gasteiger partial charge in [0.1, 0.15) is 17.7 Å². The molecule has 0 spiro atoms. The second-order valence-corrected chi connectivity index (χ2v) is 11.3. The maximum absolute atomic E-state index is 14.1. The number of carbonyl (C=O) groups is 1. The predicted octanol–water partition coefficient (Wildman–Crippen LogP) is 5.41. The molecule has 1 N–H and O–H groups in total. The summed E-state index contributed by atoms with van der Waals surface area (Å²) in [6, 6.07) is 9.77. The zero-order chi connectivity index (χ0) is 26.9. The standard InChI is InChI=1S/C28H28ClFN4O4S/c29-19-3-1-17(23(30)13-19)11-20-16-39-28(31-20)38-21-5-8-33(9-6-21)15-26-32-24-4-2-18(27(35)36)12-25(24)34(26)14-22-7-10-37-22/h1-4,12-13,16,21-22H,5-11,14-15H2,(H,35,36). The molecule has 2 aliphatic rings. The molecule has 39 heavy (non-hydrogen) atoms. The molecule has 0 amide bonds. The Hall–Kier alpha value is -3.05. The molecule has 2 aromatic heterocycles. The van der Waals surface area contributed by atoms with Gasteiger partial charge in [-0.3, -0.25) is 4.90 Å². The van der Waals surface area contributed by atoms with Crippen LogP contribution < -0.4 is 4.74 Å².